The molecule has 10 heteroatoms. The molecular weight excluding hydrogens is 454 g/mol. The van der Waals surface area contributed by atoms with Crippen molar-refractivity contribution in [3.05, 3.63) is 75.2 Å². The standard InChI is InChI=1S/C22H24ClN3O5S/c1-14(2)31-22(28)16-11-12-18(23)19(13-16)32(29,30)25(5)20-15(3)24(4)26(21(20)27)17-9-7-6-8-10-17/h6-14H,1-5H3. The molecule has 0 bridgehead atoms. The average molecular weight is 478 g/mol. The van der Waals surface area contributed by atoms with E-state index in [2.05, 4.69) is 0 Å². The highest BCUT2D eigenvalue weighted by atomic mass is 35.5. The molecule has 0 spiro atoms. The maximum atomic E-state index is 13.4. The van der Waals surface area contributed by atoms with Crippen LogP contribution in [0.2, 0.25) is 5.02 Å². The van der Waals surface area contributed by atoms with Crippen LogP contribution >= 0.6 is 11.6 Å². The van der Waals surface area contributed by atoms with E-state index in [1.807, 2.05) is 6.07 Å². The Labute approximate surface area is 191 Å². The molecule has 32 heavy (non-hydrogen) atoms. The molecule has 0 aliphatic rings. The fourth-order valence-electron chi connectivity index (χ4n) is 3.29. The molecule has 1 aromatic heterocycles. The third-order valence-corrected chi connectivity index (χ3v) is 7.23. The molecular formula is C22H24ClN3O5S. The van der Waals surface area contributed by atoms with Gasteiger partial charge in [-0.1, -0.05) is 29.8 Å². The van der Waals surface area contributed by atoms with E-state index in [0.717, 1.165) is 10.4 Å². The molecule has 0 saturated carbocycles. The second-order valence-corrected chi connectivity index (χ2v) is 9.83. The van der Waals surface area contributed by atoms with Crippen LogP contribution in [0.4, 0.5) is 5.69 Å². The van der Waals surface area contributed by atoms with Crippen molar-refractivity contribution in [3.8, 4) is 5.69 Å². The number of esters is 1. The molecule has 0 amide bonds. The first-order chi connectivity index (χ1) is 15.0. The number of hydrogen-bond acceptors (Lipinski definition) is 5. The van der Waals surface area contributed by atoms with Crippen molar-refractivity contribution in [2.45, 2.75) is 31.8 Å². The number of halogens is 1. The quantitative estimate of drug-likeness (QED) is 0.506. The highest BCUT2D eigenvalue weighted by Gasteiger charge is 2.31. The van der Waals surface area contributed by atoms with Crippen LogP contribution in [0.1, 0.15) is 29.9 Å². The summed E-state index contributed by atoms with van der Waals surface area (Å²) in [5, 5.41) is -0.0742. The van der Waals surface area contributed by atoms with Gasteiger partial charge in [-0.05, 0) is 51.1 Å². The molecule has 0 atom stereocenters. The van der Waals surface area contributed by atoms with Crippen LogP contribution in [0.25, 0.3) is 5.69 Å². The minimum atomic E-state index is -4.27. The van der Waals surface area contributed by atoms with Crippen molar-refractivity contribution in [1.29, 1.82) is 0 Å². The summed E-state index contributed by atoms with van der Waals surface area (Å²) in [7, 11) is -1.32. The van der Waals surface area contributed by atoms with Crippen LogP contribution in [0.15, 0.2) is 58.2 Å². The van der Waals surface area contributed by atoms with Crippen molar-refractivity contribution in [3.63, 3.8) is 0 Å². The highest BCUT2D eigenvalue weighted by Crippen LogP contribution is 2.29. The first-order valence-corrected chi connectivity index (χ1v) is 11.6. The molecule has 0 radical (unpaired) electrons. The Morgan fingerprint density at radius 1 is 1.12 bits per heavy atom. The van der Waals surface area contributed by atoms with Gasteiger partial charge in [0.1, 0.15) is 10.6 Å². The summed E-state index contributed by atoms with van der Waals surface area (Å²) < 4.78 is 35.9. The smallest absolute Gasteiger partial charge is 0.338 e. The summed E-state index contributed by atoms with van der Waals surface area (Å²) in [5.74, 6) is -0.668. The van der Waals surface area contributed by atoms with Gasteiger partial charge in [0.25, 0.3) is 15.6 Å². The molecule has 8 nitrogen and oxygen atoms in total. The predicted octanol–water partition coefficient (Wildman–Crippen LogP) is 3.53. The van der Waals surface area contributed by atoms with Gasteiger partial charge in [0.05, 0.1) is 28.1 Å². The minimum absolute atomic E-state index is 0.0254. The third kappa shape index (κ3) is 4.18. The van der Waals surface area contributed by atoms with Gasteiger partial charge >= 0.3 is 5.97 Å². The second kappa shape index (κ2) is 8.84. The van der Waals surface area contributed by atoms with Crippen molar-refractivity contribution < 1.29 is 17.9 Å². The lowest BCUT2D eigenvalue weighted by Gasteiger charge is -2.19. The number of hydrogen-bond donors (Lipinski definition) is 0. The Bertz CT molecular complexity index is 1330. The zero-order chi connectivity index (χ0) is 23.8. The lowest BCUT2D eigenvalue weighted by Crippen LogP contribution is -2.32. The summed E-state index contributed by atoms with van der Waals surface area (Å²) >= 11 is 6.19. The number of sulfonamides is 1. The fourth-order valence-corrected chi connectivity index (χ4v) is 5.04. The monoisotopic (exact) mass is 477 g/mol. The van der Waals surface area contributed by atoms with E-state index >= 15 is 0 Å². The second-order valence-electron chi connectivity index (χ2n) is 7.48. The first-order valence-electron chi connectivity index (χ1n) is 9.80. The molecule has 1 heterocycles. The zero-order valence-corrected chi connectivity index (χ0v) is 19.9. The van der Waals surface area contributed by atoms with E-state index in [9.17, 15) is 18.0 Å². The van der Waals surface area contributed by atoms with Crippen molar-refractivity contribution >= 4 is 33.3 Å². The van der Waals surface area contributed by atoms with Gasteiger partial charge in [0.2, 0.25) is 0 Å². The number of ether oxygens (including phenoxy) is 1. The van der Waals surface area contributed by atoms with Crippen LogP contribution in [0, 0.1) is 6.92 Å². The summed E-state index contributed by atoms with van der Waals surface area (Å²) in [6, 6.07) is 12.8. The van der Waals surface area contributed by atoms with Gasteiger partial charge in [-0.25, -0.2) is 17.9 Å². The fraction of sp³-hybridized carbons (Fsp3) is 0.273. The largest absolute Gasteiger partial charge is 0.459 e. The lowest BCUT2D eigenvalue weighted by molar-refractivity contribution is 0.0377. The average Bonchev–Trinajstić information content (AvgIpc) is 2.96. The maximum Gasteiger partial charge on any atom is 0.338 e. The summed E-state index contributed by atoms with van der Waals surface area (Å²) in [5.41, 5.74) is 0.547. The van der Waals surface area contributed by atoms with Crippen LogP contribution < -0.4 is 9.86 Å². The van der Waals surface area contributed by atoms with Gasteiger partial charge in [-0.3, -0.25) is 13.8 Å². The van der Waals surface area contributed by atoms with E-state index in [1.54, 1.807) is 56.8 Å². The number of anilines is 1. The van der Waals surface area contributed by atoms with E-state index < -0.39 is 21.6 Å². The number of aromatic nitrogens is 2. The lowest BCUT2D eigenvalue weighted by atomic mass is 10.2. The van der Waals surface area contributed by atoms with E-state index in [1.165, 1.54) is 23.9 Å². The Balaban J connectivity index is 2.12. The Morgan fingerprint density at radius 3 is 2.34 bits per heavy atom. The van der Waals surface area contributed by atoms with Gasteiger partial charge < -0.3 is 4.74 Å². The van der Waals surface area contributed by atoms with Crippen molar-refractivity contribution in [2.24, 2.45) is 7.05 Å². The van der Waals surface area contributed by atoms with Crippen LogP contribution in [-0.2, 0) is 21.8 Å². The van der Waals surface area contributed by atoms with E-state index in [-0.39, 0.29) is 27.3 Å². The minimum Gasteiger partial charge on any atom is -0.459 e. The first kappa shape index (κ1) is 23.6. The SMILES string of the molecule is Cc1c(N(C)S(=O)(=O)c2cc(C(=O)OC(C)C)ccc2Cl)c(=O)n(-c2ccccc2)n1C. The van der Waals surface area contributed by atoms with Gasteiger partial charge in [-0.2, -0.15) is 0 Å². The van der Waals surface area contributed by atoms with Crippen molar-refractivity contribution in [2.75, 3.05) is 11.4 Å². The zero-order valence-electron chi connectivity index (χ0n) is 18.4. The molecule has 2 aromatic carbocycles. The molecule has 0 aliphatic heterocycles. The van der Waals surface area contributed by atoms with Crippen LogP contribution in [0.5, 0.6) is 0 Å². The molecule has 0 unspecified atom stereocenters. The number of carbonyl (C=O) groups is 1. The van der Waals surface area contributed by atoms with Crippen LogP contribution in [0.3, 0.4) is 0 Å². The number of benzene rings is 2. The number of rotatable bonds is 6. The summed E-state index contributed by atoms with van der Waals surface area (Å²) in [6.07, 6.45) is -0.371. The molecule has 0 saturated heterocycles. The third-order valence-electron chi connectivity index (χ3n) is 4.99. The number of carbonyl (C=O) groups excluding carboxylic acids is 1. The van der Waals surface area contributed by atoms with Crippen LogP contribution in [-0.4, -0.2) is 36.9 Å². The molecule has 0 N–H and O–H groups in total. The molecule has 3 aromatic rings. The molecule has 170 valence electrons. The number of nitrogens with zero attached hydrogens (tertiary/aromatic N) is 3. The topological polar surface area (TPSA) is 90.6 Å². The Morgan fingerprint density at radius 2 is 1.75 bits per heavy atom. The van der Waals surface area contributed by atoms with E-state index in [4.69, 9.17) is 16.3 Å². The Hall–Kier alpha value is -3.04. The van der Waals surface area contributed by atoms with Gasteiger partial charge in [0, 0.05) is 14.1 Å². The van der Waals surface area contributed by atoms with Gasteiger partial charge in [0.15, 0.2) is 0 Å². The highest BCUT2D eigenvalue weighted by molar-refractivity contribution is 7.93. The predicted molar refractivity (Wildman–Crippen MR) is 123 cm³/mol. The van der Waals surface area contributed by atoms with Gasteiger partial charge in [-0.15, -0.1) is 0 Å². The Kier molecular flexibility index (Phi) is 6.52. The van der Waals surface area contributed by atoms with E-state index in [0.29, 0.717) is 11.4 Å². The molecule has 0 fully saturated rings. The summed E-state index contributed by atoms with van der Waals surface area (Å²) in [6.45, 7) is 5.03. The molecule has 3 rings (SSSR count). The normalized spacial score (nSPS) is 11.6. The molecule has 0 aliphatic carbocycles. The summed E-state index contributed by atoms with van der Waals surface area (Å²) in [4.78, 5) is 25.2. The maximum absolute atomic E-state index is 13.4. The van der Waals surface area contributed by atoms with Crippen molar-refractivity contribution in [1.82, 2.24) is 9.36 Å². The number of para-hydroxylation sites is 1.